The number of rotatable bonds is 2. The second kappa shape index (κ2) is 6.10. The third-order valence-electron chi connectivity index (χ3n) is 4.09. The minimum atomic E-state index is -0.166. The largest absolute Gasteiger partial charge is 0.349 e. The Labute approximate surface area is 123 Å². The molecule has 1 saturated carbocycles. The SMILES string of the molecule is CC1CCCC(NC(=O)c2cc(Cl)ncc2Cl)C1C. The predicted molar refractivity (Wildman–Crippen MR) is 77.7 cm³/mol. The standard InChI is InChI=1S/C14H18Cl2N2O/c1-8-4-3-5-12(9(8)2)18-14(19)10-6-13(16)17-7-11(10)15/h6-9,12H,3-5H2,1-2H3,(H,18,19). The van der Waals surface area contributed by atoms with E-state index in [2.05, 4.69) is 24.1 Å². The molecule has 0 bridgehead atoms. The van der Waals surface area contributed by atoms with Gasteiger partial charge in [0.2, 0.25) is 0 Å². The van der Waals surface area contributed by atoms with Gasteiger partial charge in [-0.2, -0.15) is 0 Å². The zero-order chi connectivity index (χ0) is 14.0. The van der Waals surface area contributed by atoms with E-state index in [0.717, 1.165) is 12.8 Å². The predicted octanol–water partition coefficient (Wildman–Crippen LogP) is 3.94. The summed E-state index contributed by atoms with van der Waals surface area (Å²) in [4.78, 5) is 16.1. The van der Waals surface area contributed by atoms with Gasteiger partial charge in [-0.25, -0.2) is 4.98 Å². The number of hydrogen-bond donors (Lipinski definition) is 1. The quantitative estimate of drug-likeness (QED) is 0.841. The highest BCUT2D eigenvalue weighted by Crippen LogP contribution is 2.30. The second-order valence-corrected chi connectivity index (χ2v) is 6.13. The summed E-state index contributed by atoms with van der Waals surface area (Å²) in [5.74, 6) is 0.949. The highest BCUT2D eigenvalue weighted by atomic mass is 35.5. The number of halogens is 2. The van der Waals surface area contributed by atoms with Crippen molar-refractivity contribution in [3.63, 3.8) is 0 Å². The zero-order valence-corrected chi connectivity index (χ0v) is 12.6. The van der Waals surface area contributed by atoms with Gasteiger partial charge >= 0.3 is 0 Å². The maximum atomic E-state index is 12.3. The molecule has 5 heteroatoms. The number of carbonyl (C=O) groups excluding carboxylic acids is 1. The molecule has 104 valence electrons. The maximum Gasteiger partial charge on any atom is 0.253 e. The van der Waals surface area contributed by atoms with Crippen LogP contribution in [-0.2, 0) is 0 Å². The molecule has 1 amide bonds. The highest BCUT2D eigenvalue weighted by Gasteiger charge is 2.28. The third-order valence-corrected chi connectivity index (χ3v) is 4.60. The number of nitrogens with zero attached hydrogens (tertiary/aromatic N) is 1. The summed E-state index contributed by atoms with van der Waals surface area (Å²) in [6.07, 6.45) is 4.82. The molecular formula is C14H18Cl2N2O. The van der Waals surface area contributed by atoms with Crippen molar-refractivity contribution in [3.8, 4) is 0 Å². The Morgan fingerprint density at radius 3 is 2.84 bits per heavy atom. The van der Waals surface area contributed by atoms with E-state index < -0.39 is 0 Å². The molecule has 0 saturated heterocycles. The summed E-state index contributed by atoms with van der Waals surface area (Å²) in [5, 5.41) is 3.68. The van der Waals surface area contributed by atoms with Crippen molar-refractivity contribution >= 4 is 29.1 Å². The van der Waals surface area contributed by atoms with Crippen molar-refractivity contribution in [3.05, 3.63) is 28.0 Å². The van der Waals surface area contributed by atoms with Crippen LogP contribution in [0.25, 0.3) is 0 Å². The fraction of sp³-hybridized carbons (Fsp3) is 0.571. The molecule has 19 heavy (non-hydrogen) atoms. The number of pyridine rings is 1. The van der Waals surface area contributed by atoms with Crippen LogP contribution >= 0.6 is 23.2 Å². The van der Waals surface area contributed by atoms with Gasteiger partial charge in [0.25, 0.3) is 5.91 Å². The van der Waals surface area contributed by atoms with E-state index in [4.69, 9.17) is 23.2 Å². The fourth-order valence-electron chi connectivity index (χ4n) is 2.62. The van der Waals surface area contributed by atoms with Gasteiger partial charge in [-0.05, 0) is 24.3 Å². The van der Waals surface area contributed by atoms with Crippen LogP contribution in [0.15, 0.2) is 12.3 Å². The van der Waals surface area contributed by atoms with Crippen LogP contribution in [-0.4, -0.2) is 16.9 Å². The molecule has 1 aliphatic rings. The molecule has 3 nitrogen and oxygen atoms in total. The van der Waals surface area contributed by atoms with Gasteiger partial charge < -0.3 is 5.32 Å². The van der Waals surface area contributed by atoms with Crippen LogP contribution in [0.2, 0.25) is 10.2 Å². The van der Waals surface area contributed by atoms with Crippen LogP contribution < -0.4 is 5.32 Å². The van der Waals surface area contributed by atoms with E-state index in [1.54, 1.807) is 0 Å². The molecular weight excluding hydrogens is 283 g/mol. The maximum absolute atomic E-state index is 12.3. The Hall–Kier alpha value is -0.800. The Kier molecular flexibility index (Phi) is 4.69. The molecule has 2 rings (SSSR count). The second-order valence-electron chi connectivity index (χ2n) is 5.33. The average molecular weight is 301 g/mol. The van der Waals surface area contributed by atoms with Crippen molar-refractivity contribution in [2.45, 2.75) is 39.2 Å². The Morgan fingerprint density at radius 2 is 2.11 bits per heavy atom. The molecule has 0 aliphatic heterocycles. The average Bonchev–Trinajstić information content (AvgIpc) is 2.38. The lowest BCUT2D eigenvalue weighted by atomic mass is 9.78. The Bertz CT molecular complexity index is 479. The first-order chi connectivity index (χ1) is 8.99. The summed E-state index contributed by atoms with van der Waals surface area (Å²) in [5.41, 5.74) is 0.395. The normalized spacial score (nSPS) is 27.1. The third kappa shape index (κ3) is 3.40. The molecule has 0 spiro atoms. The van der Waals surface area contributed by atoms with Gasteiger partial charge in [-0.15, -0.1) is 0 Å². The molecule has 1 aromatic heterocycles. The van der Waals surface area contributed by atoms with E-state index in [0.29, 0.717) is 22.4 Å². The molecule has 1 aliphatic carbocycles. The smallest absolute Gasteiger partial charge is 0.253 e. The van der Waals surface area contributed by atoms with Gasteiger partial charge in [0.15, 0.2) is 0 Å². The monoisotopic (exact) mass is 300 g/mol. The molecule has 1 heterocycles. The molecule has 3 atom stereocenters. The van der Waals surface area contributed by atoms with Gasteiger partial charge in [0.05, 0.1) is 10.6 Å². The fourth-order valence-corrected chi connectivity index (χ4v) is 2.97. The van der Waals surface area contributed by atoms with Gasteiger partial charge in [0.1, 0.15) is 5.15 Å². The van der Waals surface area contributed by atoms with Crippen molar-refractivity contribution in [2.24, 2.45) is 11.8 Å². The van der Waals surface area contributed by atoms with Crippen LogP contribution in [0.5, 0.6) is 0 Å². The van der Waals surface area contributed by atoms with Crippen LogP contribution in [0.4, 0.5) is 0 Å². The zero-order valence-electron chi connectivity index (χ0n) is 11.1. The minimum Gasteiger partial charge on any atom is -0.349 e. The minimum absolute atomic E-state index is 0.166. The molecule has 1 aromatic rings. The Balaban J connectivity index is 2.10. The van der Waals surface area contributed by atoms with Gasteiger partial charge in [-0.3, -0.25) is 4.79 Å². The lowest BCUT2D eigenvalue weighted by Crippen LogP contribution is -2.43. The van der Waals surface area contributed by atoms with Crippen molar-refractivity contribution in [1.82, 2.24) is 10.3 Å². The Morgan fingerprint density at radius 1 is 1.37 bits per heavy atom. The van der Waals surface area contributed by atoms with Crippen molar-refractivity contribution < 1.29 is 4.79 Å². The summed E-state index contributed by atoms with van der Waals surface area (Å²) in [6, 6.07) is 1.72. The molecule has 3 unspecified atom stereocenters. The van der Waals surface area contributed by atoms with E-state index in [1.807, 2.05) is 0 Å². The summed E-state index contributed by atoms with van der Waals surface area (Å²) < 4.78 is 0. The van der Waals surface area contributed by atoms with Crippen molar-refractivity contribution in [1.29, 1.82) is 0 Å². The number of hydrogen-bond acceptors (Lipinski definition) is 2. The summed E-state index contributed by atoms with van der Waals surface area (Å²) in [7, 11) is 0. The lowest BCUT2D eigenvalue weighted by molar-refractivity contribution is 0.0891. The van der Waals surface area contributed by atoms with Gasteiger partial charge in [-0.1, -0.05) is 49.9 Å². The molecule has 1 N–H and O–H groups in total. The van der Waals surface area contributed by atoms with Gasteiger partial charge in [0, 0.05) is 12.2 Å². The first kappa shape index (κ1) is 14.6. The number of carbonyl (C=O) groups is 1. The van der Waals surface area contributed by atoms with E-state index >= 15 is 0 Å². The van der Waals surface area contributed by atoms with Crippen LogP contribution in [0.3, 0.4) is 0 Å². The summed E-state index contributed by atoms with van der Waals surface area (Å²) >= 11 is 11.8. The number of nitrogens with one attached hydrogen (secondary N) is 1. The molecule has 1 fully saturated rings. The first-order valence-corrected chi connectivity index (χ1v) is 7.36. The summed E-state index contributed by atoms with van der Waals surface area (Å²) in [6.45, 7) is 4.43. The number of aromatic nitrogens is 1. The number of amides is 1. The van der Waals surface area contributed by atoms with E-state index in [-0.39, 0.29) is 17.1 Å². The lowest BCUT2D eigenvalue weighted by Gasteiger charge is -2.34. The first-order valence-electron chi connectivity index (χ1n) is 6.61. The van der Waals surface area contributed by atoms with Crippen molar-refractivity contribution in [2.75, 3.05) is 0 Å². The van der Waals surface area contributed by atoms with Crippen LogP contribution in [0.1, 0.15) is 43.5 Å². The van der Waals surface area contributed by atoms with E-state index in [9.17, 15) is 4.79 Å². The van der Waals surface area contributed by atoms with Crippen LogP contribution in [0, 0.1) is 11.8 Å². The molecule has 0 aromatic carbocycles. The molecule has 0 radical (unpaired) electrons. The highest BCUT2D eigenvalue weighted by molar-refractivity contribution is 6.35. The topological polar surface area (TPSA) is 42.0 Å². The van der Waals surface area contributed by atoms with E-state index in [1.165, 1.54) is 18.7 Å².